The molecule has 2 amide bonds. The summed E-state index contributed by atoms with van der Waals surface area (Å²) in [5, 5.41) is 9.47. The van der Waals surface area contributed by atoms with E-state index in [2.05, 4.69) is 20.3 Å². The molecule has 1 heterocycles. The quantitative estimate of drug-likeness (QED) is 0.823. The number of primary amides is 1. The van der Waals surface area contributed by atoms with E-state index in [4.69, 9.17) is 5.73 Å². The first-order valence-corrected chi connectivity index (χ1v) is 5.54. The van der Waals surface area contributed by atoms with Crippen LogP contribution in [0.1, 0.15) is 27.8 Å². The van der Waals surface area contributed by atoms with Gasteiger partial charge in [-0.15, -0.1) is 0 Å². The van der Waals surface area contributed by atoms with Crippen molar-refractivity contribution in [3.8, 4) is 0 Å². The van der Waals surface area contributed by atoms with Gasteiger partial charge in [-0.25, -0.2) is 4.63 Å². The fourth-order valence-electron chi connectivity index (χ4n) is 1.60. The highest BCUT2D eigenvalue weighted by molar-refractivity contribution is 5.96. The molecule has 7 heteroatoms. The molecule has 98 valence electrons. The van der Waals surface area contributed by atoms with E-state index < -0.39 is 17.9 Å². The SMILES string of the molecule is Cc1nonc1C(=O)N[C@@H](C(N)=O)c1ccccc1. The first-order valence-electron chi connectivity index (χ1n) is 5.54. The minimum atomic E-state index is -0.926. The van der Waals surface area contributed by atoms with Crippen LogP contribution in [-0.2, 0) is 4.79 Å². The molecule has 0 bridgehead atoms. The zero-order valence-corrected chi connectivity index (χ0v) is 10.2. The van der Waals surface area contributed by atoms with Gasteiger partial charge in [-0.1, -0.05) is 35.5 Å². The molecule has 0 unspecified atom stereocenters. The molecule has 3 N–H and O–H groups in total. The van der Waals surface area contributed by atoms with Crippen LogP contribution < -0.4 is 11.1 Å². The van der Waals surface area contributed by atoms with Crippen LogP contribution in [0.15, 0.2) is 35.0 Å². The van der Waals surface area contributed by atoms with Crippen LogP contribution in [0.2, 0.25) is 0 Å². The number of nitrogens with zero attached hydrogens (tertiary/aromatic N) is 2. The molecule has 1 atom stereocenters. The minimum absolute atomic E-state index is 0.0298. The minimum Gasteiger partial charge on any atom is -0.368 e. The Labute approximate surface area is 108 Å². The Bertz CT molecular complexity index is 594. The number of amides is 2. The van der Waals surface area contributed by atoms with E-state index in [0.29, 0.717) is 11.3 Å². The maximum atomic E-state index is 11.9. The zero-order chi connectivity index (χ0) is 13.8. The van der Waals surface area contributed by atoms with Crippen molar-refractivity contribution in [2.24, 2.45) is 5.73 Å². The number of carbonyl (C=O) groups excluding carboxylic acids is 2. The number of benzene rings is 1. The molecule has 0 saturated heterocycles. The van der Waals surface area contributed by atoms with E-state index in [0.717, 1.165) is 0 Å². The molecular formula is C12H12N4O3. The molecular weight excluding hydrogens is 248 g/mol. The van der Waals surface area contributed by atoms with Crippen molar-refractivity contribution in [1.29, 1.82) is 0 Å². The lowest BCUT2D eigenvalue weighted by atomic mass is 10.1. The Hall–Kier alpha value is -2.70. The van der Waals surface area contributed by atoms with Crippen molar-refractivity contribution in [1.82, 2.24) is 15.6 Å². The van der Waals surface area contributed by atoms with Crippen molar-refractivity contribution in [3.05, 3.63) is 47.3 Å². The normalized spacial score (nSPS) is 11.8. The van der Waals surface area contributed by atoms with Crippen molar-refractivity contribution in [2.75, 3.05) is 0 Å². The van der Waals surface area contributed by atoms with Crippen molar-refractivity contribution < 1.29 is 14.2 Å². The van der Waals surface area contributed by atoms with Crippen LogP contribution in [0.4, 0.5) is 0 Å². The van der Waals surface area contributed by atoms with Gasteiger partial charge in [-0.3, -0.25) is 9.59 Å². The number of hydrogen-bond donors (Lipinski definition) is 2. The number of rotatable bonds is 4. The van der Waals surface area contributed by atoms with Gasteiger partial charge in [-0.2, -0.15) is 0 Å². The maximum absolute atomic E-state index is 11.9. The van der Waals surface area contributed by atoms with Crippen LogP contribution in [-0.4, -0.2) is 22.1 Å². The van der Waals surface area contributed by atoms with Gasteiger partial charge in [0.15, 0.2) is 5.69 Å². The maximum Gasteiger partial charge on any atom is 0.276 e. The van der Waals surface area contributed by atoms with Crippen LogP contribution in [0, 0.1) is 6.92 Å². The van der Waals surface area contributed by atoms with Gasteiger partial charge in [-0.05, 0) is 17.6 Å². The molecule has 0 aliphatic rings. The largest absolute Gasteiger partial charge is 0.368 e. The summed E-state index contributed by atoms with van der Waals surface area (Å²) in [6.45, 7) is 1.58. The Kier molecular flexibility index (Phi) is 3.56. The second-order valence-electron chi connectivity index (χ2n) is 3.92. The lowest BCUT2D eigenvalue weighted by Crippen LogP contribution is -2.37. The second kappa shape index (κ2) is 5.30. The lowest BCUT2D eigenvalue weighted by molar-refractivity contribution is -0.120. The molecule has 1 aromatic carbocycles. The van der Waals surface area contributed by atoms with Crippen molar-refractivity contribution in [3.63, 3.8) is 0 Å². The Morgan fingerprint density at radius 1 is 1.26 bits per heavy atom. The number of nitrogens with two attached hydrogens (primary N) is 1. The Balaban J connectivity index is 2.21. The van der Waals surface area contributed by atoms with Crippen LogP contribution in [0.25, 0.3) is 0 Å². The highest BCUT2D eigenvalue weighted by atomic mass is 16.6. The first-order chi connectivity index (χ1) is 9.09. The monoisotopic (exact) mass is 260 g/mol. The number of hydrogen-bond acceptors (Lipinski definition) is 5. The zero-order valence-electron chi connectivity index (χ0n) is 10.2. The molecule has 0 fully saturated rings. The summed E-state index contributed by atoms with van der Waals surface area (Å²) < 4.78 is 4.44. The number of aromatic nitrogens is 2. The predicted octanol–water partition coefficient (Wildman–Crippen LogP) is 0.334. The summed E-state index contributed by atoms with van der Waals surface area (Å²) in [5.74, 6) is -1.22. The van der Waals surface area contributed by atoms with Crippen molar-refractivity contribution >= 4 is 11.8 Å². The molecule has 1 aromatic heterocycles. The summed E-state index contributed by atoms with van der Waals surface area (Å²) in [6, 6.07) is 7.77. The van der Waals surface area contributed by atoms with Gasteiger partial charge < -0.3 is 11.1 Å². The average molecular weight is 260 g/mol. The van der Waals surface area contributed by atoms with Gasteiger partial charge in [0.1, 0.15) is 11.7 Å². The third-order valence-corrected chi connectivity index (χ3v) is 2.56. The standard InChI is InChI=1S/C12H12N4O3/c1-7-9(16-19-15-7)12(18)14-10(11(13)17)8-5-3-2-4-6-8/h2-6,10H,1H3,(H2,13,17)(H,14,18)/t10-/m1/s1. The number of aryl methyl sites for hydroxylation is 1. The molecule has 2 rings (SSSR count). The summed E-state index contributed by atoms with van der Waals surface area (Å²) in [6.07, 6.45) is 0. The predicted molar refractivity (Wildman–Crippen MR) is 64.9 cm³/mol. The molecule has 0 aliphatic heterocycles. The van der Waals surface area contributed by atoms with E-state index >= 15 is 0 Å². The number of carbonyl (C=O) groups is 2. The van der Waals surface area contributed by atoms with Gasteiger partial charge in [0.25, 0.3) is 5.91 Å². The van der Waals surface area contributed by atoms with Gasteiger partial charge in [0.2, 0.25) is 5.91 Å². The first kappa shape index (κ1) is 12.7. The number of nitrogens with one attached hydrogen (secondary N) is 1. The summed E-state index contributed by atoms with van der Waals surface area (Å²) >= 11 is 0. The lowest BCUT2D eigenvalue weighted by Gasteiger charge is -2.14. The van der Waals surface area contributed by atoms with Gasteiger partial charge >= 0.3 is 0 Å². The fourth-order valence-corrected chi connectivity index (χ4v) is 1.60. The van der Waals surface area contributed by atoms with Gasteiger partial charge in [0.05, 0.1) is 0 Å². The van der Waals surface area contributed by atoms with E-state index in [-0.39, 0.29) is 5.69 Å². The van der Waals surface area contributed by atoms with E-state index in [1.54, 1.807) is 37.3 Å². The molecule has 0 aliphatic carbocycles. The molecule has 7 nitrogen and oxygen atoms in total. The molecule has 0 radical (unpaired) electrons. The van der Waals surface area contributed by atoms with Crippen LogP contribution in [0.3, 0.4) is 0 Å². The Morgan fingerprint density at radius 3 is 2.47 bits per heavy atom. The average Bonchev–Trinajstić information content (AvgIpc) is 2.82. The molecule has 2 aromatic rings. The molecule has 0 spiro atoms. The topological polar surface area (TPSA) is 111 Å². The fraction of sp³-hybridized carbons (Fsp3) is 0.167. The van der Waals surface area contributed by atoms with Crippen molar-refractivity contribution in [2.45, 2.75) is 13.0 Å². The third kappa shape index (κ3) is 2.76. The molecule has 19 heavy (non-hydrogen) atoms. The van der Waals surface area contributed by atoms with E-state index in [9.17, 15) is 9.59 Å². The molecule has 0 saturated carbocycles. The highest BCUT2D eigenvalue weighted by Gasteiger charge is 2.23. The van der Waals surface area contributed by atoms with E-state index in [1.165, 1.54) is 0 Å². The Morgan fingerprint density at radius 2 is 1.95 bits per heavy atom. The summed E-state index contributed by atoms with van der Waals surface area (Å²) in [7, 11) is 0. The summed E-state index contributed by atoms with van der Waals surface area (Å²) in [5.41, 5.74) is 6.26. The van der Waals surface area contributed by atoms with E-state index in [1.807, 2.05) is 0 Å². The van der Waals surface area contributed by atoms with Crippen LogP contribution >= 0.6 is 0 Å². The third-order valence-electron chi connectivity index (χ3n) is 2.56. The van der Waals surface area contributed by atoms with Gasteiger partial charge in [0, 0.05) is 0 Å². The second-order valence-corrected chi connectivity index (χ2v) is 3.92. The summed E-state index contributed by atoms with van der Waals surface area (Å²) in [4.78, 5) is 23.4. The smallest absolute Gasteiger partial charge is 0.276 e. The highest BCUT2D eigenvalue weighted by Crippen LogP contribution is 2.13. The van der Waals surface area contributed by atoms with Crippen LogP contribution in [0.5, 0.6) is 0 Å².